The molecule has 0 bridgehead atoms. The molecule has 3 N–H and O–H groups in total. The smallest absolute Gasteiger partial charge is 0.319 e. The summed E-state index contributed by atoms with van der Waals surface area (Å²) in [5.74, 6) is -0.183. The molecule has 0 aliphatic heterocycles. The fourth-order valence-electron chi connectivity index (χ4n) is 1.64. The first-order valence-electron chi connectivity index (χ1n) is 6.98. The standard InChI is InChI=1S/C15H23N3O2S/c1-5-10(2)16-14(19)11(3)17-15(20)18-12-8-6-7-9-13(12)21-4/h6-11H,5H2,1-4H3,(H,16,19)(H2,17,18,20). The molecular formula is C15H23N3O2S. The summed E-state index contributed by atoms with van der Waals surface area (Å²) in [6.07, 6.45) is 2.80. The number of nitrogens with one attached hydrogen (secondary N) is 3. The van der Waals surface area contributed by atoms with Gasteiger partial charge in [0.15, 0.2) is 0 Å². The summed E-state index contributed by atoms with van der Waals surface area (Å²) < 4.78 is 0. The van der Waals surface area contributed by atoms with Gasteiger partial charge in [-0.25, -0.2) is 4.79 Å². The number of thioether (sulfide) groups is 1. The van der Waals surface area contributed by atoms with Crippen molar-refractivity contribution in [2.45, 2.75) is 44.2 Å². The van der Waals surface area contributed by atoms with Crippen LogP contribution in [0.5, 0.6) is 0 Å². The minimum Gasteiger partial charge on any atom is -0.352 e. The topological polar surface area (TPSA) is 70.2 Å². The van der Waals surface area contributed by atoms with E-state index in [1.165, 1.54) is 0 Å². The second kappa shape index (κ2) is 8.56. The molecule has 1 aromatic rings. The van der Waals surface area contributed by atoms with Gasteiger partial charge < -0.3 is 16.0 Å². The molecule has 0 saturated carbocycles. The number of rotatable bonds is 6. The molecule has 0 aliphatic rings. The SMILES string of the molecule is CCC(C)NC(=O)C(C)NC(=O)Nc1ccccc1SC. The molecule has 6 heteroatoms. The fraction of sp³-hybridized carbons (Fsp3) is 0.467. The predicted octanol–water partition coefficient (Wildman–Crippen LogP) is 2.83. The average Bonchev–Trinajstić information content (AvgIpc) is 2.47. The van der Waals surface area contributed by atoms with E-state index in [2.05, 4.69) is 16.0 Å². The Morgan fingerprint density at radius 3 is 2.48 bits per heavy atom. The number of carbonyl (C=O) groups excluding carboxylic acids is 2. The van der Waals surface area contributed by atoms with Crippen molar-refractivity contribution >= 4 is 29.4 Å². The van der Waals surface area contributed by atoms with E-state index in [0.29, 0.717) is 0 Å². The maximum atomic E-state index is 11.9. The van der Waals surface area contributed by atoms with Crippen molar-refractivity contribution in [2.24, 2.45) is 0 Å². The zero-order valence-electron chi connectivity index (χ0n) is 12.9. The van der Waals surface area contributed by atoms with Gasteiger partial charge in [-0.3, -0.25) is 4.79 Å². The van der Waals surface area contributed by atoms with Crippen LogP contribution >= 0.6 is 11.8 Å². The summed E-state index contributed by atoms with van der Waals surface area (Å²) in [6, 6.07) is 6.66. The van der Waals surface area contributed by atoms with Crippen LogP contribution in [-0.2, 0) is 4.79 Å². The predicted molar refractivity (Wildman–Crippen MR) is 87.7 cm³/mol. The Morgan fingerprint density at radius 1 is 1.19 bits per heavy atom. The average molecular weight is 309 g/mol. The minimum atomic E-state index is -0.583. The number of amides is 3. The molecule has 5 nitrogen and oxygen atoms in total. The Labute approximate surface area is 130 Å². The molecule has 2 unspecified atom stereocenters. The van der Waals surface area contributed by atoms with E-state index in [1.54, 1.807) is 18.7 Å². The van der Waals surface area contributed by atoms with Crippen molar-refractivity contribution in [1.29, 1.82) is 0 Å². The number of benzene rings is 1. The van der Waals surface area contributed by atoms with Crippen molar-refractivity contribution in [3.05, 3.63) is 24.3 Å². The summed E-state index contributed by atoms with van der Waals surface area (Å²) in [7, 11) is 0. The molecule has 116 valence electrons. The molecule has 1 rings (SSSR count). The Balaban J connectivity index is 2.55. The van der Waals surface area contributed by atoms with Crippen LogP contribution < -0.4 is 16.0 Å². The van der Waals surface area contributed by atoms with E-state index in [-0.39, 0.29) is 18.0 Å². The molecule has 0 aliphatic carbocycles. The van der Waals surface area contributed by atoms with Crippen LogP contribution in [0.4, 0.5) is 10.5 Å². The van der Waals surface area contributed by atoms with Gasteiger partial charge >= 0.3 is 6.03 Å². The molecule has 1 aromatic carbocycles. The van der Waals surface area contributed by atoms with E-state index in [1.807, 2.05) is 44.4 Å². The molecule has 0 aromatic heterocycles. The molecular weight excluding hydrogens is 286 g/mol. The van der Waals surface area contributed by atoms with Gasteiger partial charge in [0.05, 0.1) is 5.69 Å². The van der Waals surface area contributed by atoms with Crippen LogP contribution in [0.2, 0.25) is 0 Å². The highest BCUT2D eigenvalue weighted by Gasteiger charge is 2.17. The summed E-state index contributed by atoms with van der Waals surface area (Å²) >= 11 is 1.55. The zero-order chi connectivity index (χ0) is 15.8. The molecule has 0 spiro atoms. The molecule has 0 fully saturated rings. The van der Waals surface area contributed by atoms with Gasteiger partial charge in [-0.15, -0.1) is 11.8 Å². The Morgan fingerprint density at radius 2 is 1.86 bits per heavy atom. The number of urea groups is 1. The van der Waals surface area contributed by atoms with Crippen molar-refractivity contribution < 1.29 is 9.59 Å². The number of para-hydroxylation sites is 1. The maximum Gasteiger partial charge on any atom is 0.319 e. The zero-order valence-corrected chi connectivity index (χ0v) is 13.7. The molecule has 2 atom stereocenters. The lowest BCUT2D eigenvalue weighted by Gasteiger charge is -2.18. The number of hydrogen-bond acceptors (Lipinski definition) is 3. The van der Waals surface area contributed by atoms with Crippen molar-refractivity contribution in [3.8, 4) is 0 Å². The maximum absolute atomic E-state index is 11.9. The quantitative estimate of drug-likeness (QED) is 0.708. The monoisotopic (exact) mass is 309 g/mol. The van der Waals surface area contributed by atoms with E-state index in [4.69, 9.17) is 0 Å². The van der Waals surface area contributed by atoms with Gasteiger partial charge in [0.2, 0.25) is 5.91 Å². The molecule has 0 saturated heterocycles. The van der Waals surface area contributed by atoms with E-state index < -0.39 is 6.04 Å². The summed E-state index contributed by atoms with van der Waals surface area (Å²) in [5.41, 5.74) is 0.733. The fourth-order valence-corrected chi connectivity index (χ4v) is 2.19. The van der Waals surface area contributed by atoms with Crippen LogP contribution in [0.3, 0.4) is 0 Å². The van der Waals surface area contributed by atoms with Crippen molar-refractivity contribution in [2.75, 3.05) is 11.6 Å². The number of anilines is 1. The minimum absolute atomic E-state index is 0.0991. The number of carbonyl (C=O) groups is 2. The first kappa shape index (κ1) is 17.4. The highest BCUT2D eigenvalue weighted by molar-refractivity contribution is 7.98. The van der Waals surface area contributed by atoms with Crippen LogP contribution in [0.15, 0.2) is 29.2 Å². The van der Waals surface area contributed by atoms with Crippen LogP contribution in [0.1, 0.15) is 27.2 Å². The lowest BCUT2D eigenvalue weighted by atomic mass is 10.2. The third-order valence-electron chi connectivity index (χ3n) is 3.10. The Bertz CT molecular complexity index is 494. The third-order valence-corrected chi connectivity index (χ3v) is 3.89. The van der Waals surface area contributed by atoms with E-state index >= 15 is 0 Å². The normalized spacial score (nSPS) is 13.1. The van der Waals surface area contributed by atoms with Gasteiger partial charge in [-0.2, -0.15) is 0 Å². The van der Waals surface area contributed by atoms with E-state index in [0.717, 1.165) is 17.0 Å². The first-order valence-corrected chi connectivity index (χ1v) is 8.21. The number of hydrogen-bond donors (Lipinski definition) is 3. The van der Waals surface area contributed by atoms with Crippen LogP contribution in [0, 0.1) is 0 Å². The lowest BCUT2D eigenvalue weighted by molar-refractivity contribution is -0.123. The molecule has 3 amide bonds. The first-order chi connectivity index (χ1) is 9.97. The molecule has 0 heterocycles. The van der Waals surface area contributed by atoms with Gasteiger partial charge in [0, 0.05) is 10.9 Å². The van der Waals surface area contributed by atoms with Gasteiger partial charge in [0.1, 0.15) is 6.04 Å². The van der Waals surface area contributed by atoms with Gasteiger partial charge in [-0.1, -0.05) is 19.1 Å². The van der Waals surface area contributed by atoms with Crippen LogP contribution in [0.25, 0.3) is 0 Å². The summed E-state index contributed by atoms with van der Waals surface area (Å²) in [5, 5.41) is 8.24. The van der Waals surface area contributed by atoms with Crippen molar-refractivity contribution in [3.63, 3.8) is 0 Å². The second-order valence-corrected chi connectivity index (χ2v) is 5.69. The Kier molecular flexibility index (Phi) is 7.08. The highest BCUT2D eigenvalue weighted by atomic mass is 32.2. The summed E-state index contributed by atoms with van der Waals surface area (Å²) in [6.45, 7) is 5.59. The molecule has 0 radical (unpaired) electrons. The largest absolute Gasteiger partial charge is 0.352 e. The van der Waals surface area contributed by atoms with Crippen LogP contribution in [-0.4, -0.2) is 30.3 Å². The second-order valence-electron chi connectivity index (χ2n) is 4.84. The Hall–Kier alpha value is -1.69. The van der Waals surface area contributed by atoms with E-state index in [9.17, 15) is 9.59 Å². The van der Waals surface area contributed by atoms with Gasteiger partial charge in [0.25, 0.3) is 0 Å². The third kappa shape index (κ3) is 5.67. The summed E-state index contributed by atoms with van der Waals surface area (Å²) in [4.78, 5) is 24.8. The lowest BCUT2D eigenvalue weighted by Crippen LogP contribution is -2.48. The van der Waals surface area contributed by atoms with Crippen molar-refractivity contribution in [1.82, 2.24) is 10.6 Å². The molecule has 21 heavy (non-hydrogen) atoms. The highest BCUT2D eigenvalue weighted by Crippen LogP contribution is 2.24. The van der Waals surface area contributed by atoms with Gasteiger partial charge in [-0.05, 0) is 38.7 Å².